The van der Waals surface area contributed by atoms with Gasteiger partial charge < -0.3 is 26.0 Å². The first kappa shape index (κ1) is 19.8. The van der Waals surface area contributed by atoms with E-state index in [2.05, 4.69) is 17.2 Å². The van der Waals surface area contributed by atoms with Crippen LogP contribution < -0.4 is 15.8 Å². The Bertz CT molecular complexity index is 849. The number of rotatable bonds is 6. The van der Waals surface area contributed by atoms with Gasteiger partial charge in [0.25, 0.3) is 5.91 Å². The van der Waals surface area contributed by atoms with Gasteiger partial charge in [-0.3, -0.25) is 4.79 Å². The Morgan fingerprint density at radius 3 is 2.33 bits per heavy atom. The summed E-state index contributed by atoms with van der Waals surface area (Å²) in [5, 5.41) is 20.7. The fourth-order valence-electron chi connectivity index (χ4n) is 2.14. The molecule has 0 unspecified atom stereocenters. The van der Waals surface area contributed by atoms with E-state index < -0.39 is 24.0 Å². The zero-order chi connectivity index (χ0) is 19.8. The second-order valence-electron chi connectivity index (χ2n) is 5.77. The molecule has 140 valence electrons. The lowest BCUT2D eigenvalue weighted by molar-refractivity contribution is -0.141. The van der Waals surface area contributed by atoms with E-state index in [1.54, 1.807) is 36.4 Å². The highest BCUT2D eigenvalue weighted by atomic mass is 16.5. The minimum atomic E-state index is -1.37. The molecular weight excluding hydrogens is 348 g/mol. The average molecular weight is 368 g/mol. The van der Waals surface area contributed by atoms with E-state index in [1.807, 2.05) is 0 Å². The Balaban J connectivity index is 1.92. The summed E-state index contributed by atoms with van der Waals surface area (Å²) in [4.78, 5) is 23.1. The molecule has 0 spiro atoms. The summed E-state index contributed by atoms with van der Waals surface area (Å²) < 4.78 is 5.46. The number of nitrogen functional groups attached to an aromatic ring is 1. The first-order chi connectivity index (χ1) is 12.9. The molecule has 2 aromatic rings. The Morgan fingerprint density at radius 1 is 1.15 bits per heavy atom. The van der Waals surface area contributed by atoms with Crippen LogP contribution in [0.4, 0.5) is 5.69 Å². The van der Waals surface area contributed by atoms with Crippen LogP contribution in [-0.2, 0) is 4.79 Å². The van der Waals surface area contributed by atoms with Crippen molar-refractivity contribution in [1.29, 1.82) is 0 Å². The van der Waals surface area contributed by atoms with Crippen molar-refractivity contribution in [2.75, 3.05) is 12.3 Å². The maximum Gasteiger partial charge on any atom is 0.328 e. The third kappa shape index (κ3) is 6.06. The summed E-state index contributed by atoms with van der Waals surface area (Å²) in [5.41, 5.74) is 7.19. The standard InChI is InChI=1S/C20H20N2O5/c1-13(23)18(20(25)26)22-19(24)15-6-4-14(5-7-15)3-2-12-27-17-10-8-16(21)9-11-17/h4-11,13,18,23H,12,21H2,1H3,(H,22,24)(H,25,26)/t13-,18+/m1/s1. The minimum Gasteiger partial charge on any atom is -0.481 e. The molecule has 0 aliphatic carbocycles. The van der Waals surface area contributed by atoms with Crippen molar-refractivity contribution in [2.24, 2.45) is 0 Å². The number of hydrogen-bond donors (Lipinski definition) is 4. The zero-order valence-electron chi connectivity index (χ0n) is 14.7. The van der Waals surface area contributed by atoms with E-state index >= 15 is 0 Å². The van der Waals surface area contributed by atoms with Crippen LogP contribution in [-0.4, -0.2) is 40.8 Å². The lowest BCUT2D eigenvalue weighted by Crippen LogP contribution is -2.47. The highest BCUT2D eigenvalue weighted by molar-refractivity contribution is 5.96. The fourth-order valence-corrected chi connectivity index (χ4v) is 2.14. The van der Waals surface area contributed by atoms with Crippen LogP contribution in [0.1, 0.15) is 22.8 Å². The molecular formula is C20H20N2O5. The van der Waals surface area contributed by atoms with Crippen molar-refractivity contribution < 1.29 is 24.5 Å². The molecule has 2 aromatic carbocycles. The van der Waals surface area contributed by atoms with Crippen molar-refractivity contribution >= 4 is 17.6 Å². The van der Waals surface area contributed by atoms with Gasteiger partial charge in [-0.15, -0.1) is 0 Å². The van der Waals surface area contributed by atoms with Crippen LogP contribution in [0, 0.1) is 11.8 Å². The van der Waals surface area contributed by atoms with Crippen molar-refractivity contribution in [3.8, 4) is 17.6 Å². The van der Waals surface area contributed by atoms with Crippen LogP contribution in [0.3, 0.4) is 0 Å². The van der Waals surface area contributed by atoms with E-state index in [1.165, 1.54) is 19.1 Å². The van der Waals surface area contributed by atoms with Gasteiger partial charge in [0.1, 0.15) is 12.4 Å². The summed E-state index contributed by atoms with van der Waals surface area (Å²) in [6.07, 6.45) is -1.21. The van der Waals surface area contributed by atoms with E-state index in [9.17, 15) is 14.7 Å². The summed E-state index contributed by atoms with van der Waals surface area (Å²) in [5.74, 6) is 4.54. The number of amides is 1. The Morgan fingerprint density at radius 2 is 1.78 bits per heavy atom. The maximum atomic E-state index is 12.1. The van der Waals surface area contributed by atoms with Gasteiger partial charge >= 0.3 is 5.97 Å². The molecule has 0 aliphatic rings. The Hall–Kier alpha value is -3.50. The van der Waals surface area contributed by atoms with Gasteiger partial charge in [0.05, 0.1) is 6.10 Å². The number of aliphatic hydroxyl groups is 1. The molecule has 0 fully saturated rings. The van der Waals surface area contributed by atoms with Crippen LogP contribution in [0.5, 0.6) is 5.75 Å². The van der Waals surface area contributed by atoms with Gasteiger partial charge in [-0.05, 0) is 55.5 Å². The summed E-state index contributed by atoms with van der Waals surface area (Å²) >= 11 is 0. The SMILES string of the molecule is C[C@@H](O)[C@H](NC(=O)c1ccc(C#CCOc2ccc(N)cc2)cc1)C(=O)O. The van der Waals surface area contributed by atoms with Gasteiger partial charge in [-0.25, -0.2) is 4.79 Å². The first-order valence-electron chi connectivity index (χ1n) is 8.16. The molecule has 1 amide bonds. The number of carbonyl (C=O) groups excluding carboxylic acids is 1. The van der Waals surface area contributed by atoms with Crippen LogP contribution >= 0.6 is 0 Å². The maximum absolute atomic E-state index is 12.1. The molecule has 0 bridgehead atoms. The molecule has 7 nitrogen and oxygen atoms in total. The molecule has 0 saturated carbocycles. The molecule has 27 heavy (non-hydrogen) atoms. The second kappa shape index (κ2) is 9.27. The van der Waals surface area contributed by atoms with Crippen LogP contribution in [0.15, 0.2) is 48.5 Å². The van der Waals surface area contributed by atoms with Gasteiger partial charge in [0.2, 0.25) is 0 Å². The number of carboxylic acid groups (broad SMARTS) is 1. The topological polar surface area (TPSA) is 122 Å². The monoisotopic (exact) mass is 368 g/mol. The number of carbonyl (C=O) groups is 2. The smallest absolute Gasteiger partial charge is 0.328 e. The van der Waals surface area contributed by atoms with Gasteiger partial charge in [-0.1, -0.05) is 11.8 Å². The third-order valence-corrected chi connectivity index (χ3v) is 3.61. The molecule has 2 atom stereocenters. The molecule has 2 rings (SSSR count). The third-order valence-electron chi connectivity index (χ3n) is 3.61. The van der Waals surface area contributed by atoms with Crippen molar-refractivity contribution in [1.82, 2.24) is 5.32 Å². The molecule has 7 heteroatoms. The number of hydrogen-bond acceptors (Lipinski definition) is 5. The van der Waals surface area contributed by atoms with Crippen molar-refractivity contribution in [2.45, 2.75) is 19.1 Å². The average Bonchev–Trinajstić information content (AvgIpc) is 2.64. The van der Waals surface area contributed by atoms with Crippen LogP contribution in [0.2, 0.25) is 0 Å². The number of aliphatic carboxylic acids is 1. The molecule has 0 saturated heterocycles. The second-order valence-corrected chi connectivity index (χ2v) is 5.77. The summed E-state index contributed by atoms with van der Waals surface area (Å²) in [7, 11) is 0. The lowest BCUT2D eigenvalue weighted by Gasteiger charge is -2.16. The number of benzene rings is 2. The molecule has 5 N–H and O–H groups in total. The van der Waals surface area contributed by atoms with Crippen LogP contribution in [0.25, 0.3) is 0 Å². The highest BCUT2D eigenvalue weighted by Crippen LogP contribution is 2.12. The predicted octanol–water partition coefficient (Wildman–Crippen LogP) is 1.26. The first-order valence-corrected chi connectivity index (χ1v) is 8.16. The van der Waals surface area contributed by atoms with Crippen molar-refractivity contribution in [3.05, 3.63) is 59.7 Å². The molecule has 0 aliphatic heterocycles. The number of nitrogens with two attached hydrogens (primary N) is 1. The largest absolute Gasteiger partial charge is 0.481 e. The van der Waals surface area contributed by atoms with E-state index in [4.69, 9.17) is 15.6 Å². The minimum absolute atomic E-state index is 0.195. The Kier molecular flexibility index (Phi) is 6.80. The summed E-state index contributed by atoms with van der Waals surface area (Å²) in [6, 6.07) is 11.9. The number of carboxylic acids is 1. The van der Waals surface area contributed by atoms with E-state index in [0.717, 1.165) is 0 Å². The number of anilines is 1. The number of ether oxygens (including phenoxy) is 1. The quantitative estimate of drug-likeness (QED) is 0.450. The fraction of sp³-hybridized carbons (Fsp3) is 0.200. The summed E-state index contributed by atoms with van der Waals surface area (Å²) in [6.45, 7) is 1.49. The molecule has 0 heterocycles. The van der Waals surface area contributed by atoms with Gasteiger partial charge in [-0.2, -0.15) is 0 Å². The lowest BCUT2D eigenvalue weighted by atomic mass is 10.1. The number of aliphatic hydroxyl groups excluding tert-OH is 1. The van der Waals surface area contributed by atoms with E-state index in [0.29, 0.717) is 17.0 Å². The zero-order valence-corrected chi connectivity index (χ0v) is 14.7. The molecule has 0 aromatic heterocycles. The predicted molar refractivity (Wildman–Crippen MR) is 100 cm³/mol. The van der Waals surface area contributed by atoms with E-state index in [-0.39, 0.29) is 12.2 Å². The van der Waals surface area contributed by atoms with Gasteiger partial charge in [0, 0.05) is 16.8 Å². The highest BCUT2D eigenvalue weighted by Gasteiger charge is 2.25. The number of nitrogens with one attached hydrogen (secondary N) is 1. The van der Waals surface area contributed by atoms with Gasteiger partial charge in [0.15, 0.2) is 6.04 Å². The normalized spacial score (nSPS) is 12.2. The Labute approximate surface area is 156 Å². The molecule has 0 radical (unpaired) electrons. The van der Waals surface area contributed by atoms with Crippen molar-refractivity contribution in [3.63, 3.8) is 0 Å².